The fraction of sp³-hybridized carbons (Fsp3) is 0.400. The normalized spacial score (nSPS) is 9.25. The molecule has 2 N–H and O–H groups in total. The first-order chi connectivity index (χ1) is 3.31. The van der Waals surface area contributed by atoms with Crippen molar-refractivity contribution < 1.29 is 0 Å². The topological polar surface area (TPSA) is 49.8 Å². The van der Waals surface area contributed by atoms with E-state index < -0.39 is 0 Å². The van der Waals surface area contributed by atoms with Gasteiger partial charge in [-0.25, -0.2) is 0 Å². The summed E-state index contributed by atoms with van der Waals surface area (Å²) in [6, 6.07) is 1.80. The van der Waals surface area contributed by atoms with Crippen molar-refractivity contribution in [2.45, 2.75) is 13.3 Å². The van der Waals surface area contributed by atoms with Gasteiger partial charge in [-0.1, -0.05) is 13.0 Å². The third-order valence-electron chi connectivity index (χ3n) is 0.553. The van der Waals surface area contributed by atoms with E-state index in [1.807, 2.05) is 6.92 Å². The standard InChI is InChI=1S/C5H8N2.ClH/c1-2-3-5(7)4-6;/h3H,2,7H2,1H3;1H. The van der Waals surface area contributed by atoms with Crippen molar-refractivity contribution in [2.24, 2.45) is 5.73 Å². The Morgan fingerprint density at radius 1 is 1.88 bits per heavy atom. The minimum Gasteiger partial charge on any atom is -0.390 e. The summed E-state index contributed by atoms with van der Waals surface area (Å²) in [6.07, 6.45) is 2.51. The van der Waals surface area contributed by atoms with Gasteiger partial charge in [-0.05, 0) is 6.42 Å². The van der Waals surface area contributed by atoms with Crippen molar-refractivity contribution in [2.75, 3.05) is 0 Å². The Kier molecular flexibility index (Phi) is 8.16. The van der Waals surface area contributed by atoms with Gasteiger partial charge < -0.3 is 5.73 Å². The van der Waals surface area contributed by atoms with Crippen molar-refractivity contribution in [3.63, 3.8) is 0 Å². The summed E-state index contributed by atoms with van der Waals surface area (Å²) in [4.78, 5) is 0. The Labute approximate surface area is 55.4 Å². The Bertz CT molecular complexity index is 112. The maximum Gasteiger partial charge on any atom is 0.116 e. The Morgan fingerprint density at radius 3 is 2.50 bits per heavy atom. The van der Waals surface area contributed by atoms with Crippen LogP contribution in [0, 0.1) is 11.3 Å². The molecule has 0 aliphatic carbocycles. The third-order valence-corrected chi connectivity index (χ3v) is 0.553. The lowest BCUT2D eigenvalue weighted by Crippen LogP contribution is -1.90. The SMILES string of the molecule is CCC=C(N)C#N.Cl. The minimum absolute atomic E-state index is 0. The van der Waals surface area contributed by atoms with Crippen molar-refractivity contribution in [1.82, 2.24) is 0 Å². The number of hydrogen-bond donors (Lipinski definition) is 1. The van der Waals surface area contributed by atoms with Crippen LogP contribution in [0.25, 0.3) is 0 Å². The first-order valence-electron chi connectivity index (χ1n) is 2.17. The number of hydrogen-bond acceptors (Lipinski definition) is 2. The number of nitrogens with two attached hydrogens (primary N) is 1. The van der Waals surface area contributed by atoms with Crippen LogP contribution in [0.4, 0.5) is 0 Å². The molecular weight excluding hydrogens is 124 g/mol. The van der Waals surface area contributed by atoms with E-state index in [0.29, 0.717) is 5.70 Å². The van der Waals surface area contributed by atoms with Crippen LogP contribution in [-0.2, 0) is 0 Å². The van der Waals surface area contributed by atoms with Gasteiger partial charge in [0.15, 0.2) is 0 Å². The maximum absolute atomic E-state index is 8.02. The van der Waals surface area contributed by atoms with Crippen LogP contribution >= 0.6 is 12.4 Å². The molecule has 0 bridgehead atoms. The predicted octanol–water partition coefficient (Wildman–Crippen LogP) is 1.18. The number of nitriles is 1. The zero-order chi connectivity index (χ0) is 5.70. The molecule has 0 aromatic carbocycles. The van der Waals surface area contributed by atoms with Crippen LogP contribution in [-0.4, -0.2) is 0 Å². The van der Waals surface area contributed by atoms with Gasteiger partial charge in [-0.2, -0.15) is 5.26 Å². The number of halogens is 1. The van der Waals surface area contributed by atoms with E-state index in [1.54, 1.807) is 12.1 Å². The van der Waals surface area contributed by atoms with E-state index in [9.17, 15) is 0 Å². The average molecular weight is 133 g/mol. The zero-order valence-corrected chi connectivity index (χ0v) is 5.53. The molecule has 0 aliphatic heterocycles. The molecule has 0 rings (SSSR count). The van der Waals surface area contributed by atoms with Crippen LogP contribution in [0.3, 0.4) is 0 Å². The molecule has 46 valence electrons. The highest BCUT2D eigenvalue weighted by Gasteiger charge is 1.76. The second-order valence-corrected chi connectivity index (χ2v) is 1.18. The van der Waals surface area contributed by atoms with Gasteiger partial charge in [0.05, 0.1) is 0 Å². The van der Waals surface area contributed by atoms with Gasteiger partial charge in [0.1, 0.15) is 11.8 Å². The summed E-state index contributed by atoms with van der Waals surface area (Å²) >= 11 is 0. The van der Waals surface area contributed by atoms with Crippen molar-refractivity contribution in [3.8, 4) is 6.07 Å². The molecule has 0 aliphatic rings. The second kappa shape index (κ2) is 6.32. The molecule has 0 heterocycles. The van der Waals surface area contributed by atoms with Gasteiger partial charge in [-0.3, -0.25) is 0 Å². The quantitative estimate of drug-likeness (QED) is 0.545. The minimum atomic E-state index is 0. The smallest absolute Gasteiger partial charge is 0.116 e. The van der Waals surface area contributed by atoms with E-state index in [2.05, 4.69) is 0 Å². The Morgan fingerprint density at radius 2 is 2.38 bits per heavy atom. The van der Waals surface area contributed by atoms with Crippen LogP contribution in [0.15, 0.2) is 11.8 Å². The van der Waals surface area contributed by atoms with Crippen molar-refractivity contribution in [1.29, 1.82) is 5.26 Å². The van der Waals surface area contributed by atoms with E-state index in [4.69, 9.17) is 11.0 Å². The van der Waals surface area contributed by atoms with Gasteiger partial charge >= 0.3 is 0 Å². The first-order valence-corrected chi connectivity index (χ1v) is 2.17. The molecule has 0 spiro atoms. The molecule has 0 saturated heterocycles. The third kappa shape index (κ3) is 5.32. The summed E-state index contributed by atoms with van der Waals surface area (Å²) in [6.45, 7) is 1.93. The highest BCUT2D eigenvalue weighted by atomic mass is 35.5. The monoisotopic (exact) mass is 132 g/mol. The van der Waals surface area contributed by atoms with Crippen LogP contribution in [0.2, 0.25) is 0 Å². The molecule has 0 aromatic heterocycles. The van der Waals surface area contributed by atoms with Crippen LogP contribution in [0.5, 0.6) is 0 Å². The Hall–Kier alpha value is -0.680. The molecule has 0 atom stereocenters. The molecule has 3 heteroatoms. The van der Waals surface area contributed by atoms with Crippen LogP contribution in [0.1, 0.15) is 13.3 Å². The van der Waals surface area contributed by atoms with Crippen molar-refractivity contribution in [3.05, 3.63) is 11.8 Å². The molecule has 0 amide bonds. The van der Waals surface area contributed by atoms with Gasteiger partial charge in [0.25, 0.3) is 0 Å². The molecule has 0 unspecified atom stereocenters. The van der Waals surface area contributed by atoms with E-state index >= 15 is 0 Å². The Balaban J connectivity index is 0. The fourth-order valence-electron chi connectivity index (χ4n) is 0.266. The highest BCUT2D eigenvalue weighted by Crippen LogP contribution is 1.82. The second-order valence-electron chi connectivity index (χ2n) is 1.18. The van der Waals surface area contributed by atoms with E-state index in [-0.39, 0.29) is 12.4 Å². The summed E-state index contributed by atoms with van der Waals surface area (Å²) in [5.41, 5.74) is 5.39. The molecule has 0 radical (unpaired) electrons. The lowest BCUT2D eigenvalue weighted by atomic mass is 10.4. The lowest BCUT2D eigenvalue weighted by Gasteiger charge is -1.78. The highest BCUT2D eigenvalue weighted by molar-refractivity contribution is 5.85. The van der Waals surface area contributed by atoms with Gasteiger partial charge in [-0.15, -0.1) is 12.4 Å². The summed E-state index contributed by atoms with van der Waals surface area (Å²) < 4.78 is 0. The molecule has 0 saturated carbocycles. The first kappa shape index (κ1) is 10.3. The molecular formula is C5H9ClN2. The summed E-state index contributed by atoms with van der Waals surface area (Å²) in [5, 5.41) is 8.02. The van der Waals surface area contributed by atoms with Crippen molar-refractivity contribution >= 4 is 12.4 Å². The van der Waals surface area contributed by atoms with E-state index in [1.165, 1.54) is 0 Å². The number of allylic oxidation sites excluding steroid dienone is 2. The zero-order valence-electron chi connectivity index (χ0n) is 4.72. The predicted molar refractivity (Wildman–Crippen MR) is 35.4 cm³/mol. The molecule has 0 fully saturated rings. The summed E-state index contributed by atoms with van der Waals surface area (Å²) in [5.74, 6) is 0. The molecule has 8 heavy (non-hydrogen) atoms. The van der Waals surface area contributed by atoms with Gasteiger partial charge in [0.2, 0.25) is 0 Å². The van der Waals surface area contributed by atoms with E-state index in [0.717, 1.165) is 6.42 Å². The van der Waals surface area contributed by atoms with Gasteiger partial charge in [0, 0.05) is 0 Å². The average Bonchev–Trinajstić information content (AvgIpc) is 1.68. The lowest BCUT2D eigenvalue weighted by molar-refractivity contribution is 1.19. The molecule has 2 nitrogen and oxygen atoms in total. The van der Waals surface area contributed by atoms with Crippen LogP contribution < -0.4 is 5.73 Å². The maximum atomic E-state index is 8.02. The number of rotatable bonds is 1. The number of nitrogens with zero attached hydrogens (tertiary/aromatic N) is 1. The summed E-state index contributed by atoms with van der Waals surface area (Å²) in [7, 11) is 0. The largest absolute Gasteiger partial charge is 0.390 e. The fourth-order valence-corrected chi connectivity index (χ4v) is 0.266. The molecule has 0 aromatic rings.